The summed E-state index contributed by atoms with van der Waals surface area (Å²) >= 11 is 0. The van der Waals surface area contributed by atoms with E-state index in [0.29, 0.717) is 5.69 Å². The van der Waals surface area contributed by atoms with Crippen molar-refractivity contribution < 1.29 is 27.9 Å². The van der Waals surface area contributed by atoms with E-state index in [4.69, 9.17) is 4.74 Å². The van der Waals surface area contributed by atoms with Crippen molar-refractivity contribution in [2.45, 2.75) is 69.0 Å². The molecule has 40 heavy (non-hydrogen) atoms. The van der Waals surface area contributed by atoms with E-state index >= 15 is 0 Å². The van der Waals surface area contributed by atoms with E-state index in [0.717, 1.165) is 25.7 Å². The Morgan fingerprint density at radius 3 is 2.50 bits per heavy atom. The van der Waals surface area contributed by atoms with Crippen LogP contribution in [0.2, 0.25) is 0 Å². The number of likely N-dealkylation sites (N-methyl/N-ethyl adjacent to an activating group) is 1. The Bertz CT molecular complexity index is 1280. The molecule has 1 aliphatic heterocycles. The maximum absolute atomic E-state index is 13.7. The molecule has 11 heteroatoms. The monoisotopic (exact) mass is 572 g/mol. The molecule has 218 valence electrons. The van der Waals surface area contributed by atoms with Crippen LogP contribution in [-0.2, 0) is 10.0 Å². The van der Waals surface area contributed by atoms with E-state index in [1.807, 2.05) is 6.92 Å². The van der Waals surface area contributed by atoms with Crippen molar-refractivity contribution >= 4 is 27.6 Å². The summed E-state index contributed by atoms with van der Waals surface area (Å²) in [5, 5.41) is 15.8. The number of ether oxygens (including phenoxy) is 1. The molecule has 1 fully saturated rings. The van der Waals surface area contributed by atoms with Crippen LogP contribution in [0.4, 0.5) is 10.5 Å². The fourth-order valence-electron chi connectivity index (χ4n) is 5.27. The van der Waals surface area contributed by atoms with E-state index in [-0.39, 0.29) is 59.8 Å². The van der Waals surface area contributed by atoms with Gasteiger partial charge >= 0.3 is 6.03 Å². The summed E-state index contributed by atoms with van der Waals surface area (Å²) in [6.45, 7) is 3.67. The Balaban J connectivity index is 1.66. The lowest BCUT2D eigenvalue weighted by molar-refractivity contribution is 0.0389. The Hall–Kier alpha value is -3.15. The first-order valence-corrected chi connectivity index (χ1v) is 15.4. The van der Waals surface area contributed by atoms with Crippen LogP contribution in [0, 0.1) is 5.92 Å². The van der Waals surface area contributed by atoms with Crippen LogP contribution >= 0.6 is 0 Å². The second-order valence-electron chi connectivity index (χ2n) is 10.8. The fraction of sp³-hybridized carbons (Fsp3) is 0.517. The Morgan fingerprint density at radius 1 is 1.12 bits per heavy atom. The third-order valence-corrected chi connectivity index (χ3v) is 9.61. The number of hydrogen-bond donors (Lipinski definition) is 3. The summed E-state index contributed by atoms with van der Waals surface area (Å²) in [5.74, 6) is -0.449. The van der Waals surface area contributed by atoms with Crippen LogP contribution in [0.15, 0.2) is 53.4 Å². The minimum Gasteiger partial charge on any atom is -0.486 e. The number of urea groups is 1. The lowest BCUT2D eigenvalue weighted by Crippen LogP contribution is -2.50. The number of aliphatic hydroxyl groups is 1. The summed E-state index contributed by atoms with van der Waals surface area (Å²) in [5.41, 5.74) is 0.560. The van der Waals surface area contributed by atoms with Crippen molar-refractivity contribution in [2.75, 3.05) is 32.1 Å². The van der Waals surface area contributed by atoms with Crippen LogP contribution < -0.4 is 15.4 Å². The molecule has 2 aliphatic rings. The molecule has 1 saturated carbocycles. The number of benzene rings is 2. The molecular formula is C29H40N4O6S. The van der Waals surface area contributed by atoms with Gasteiger partial charge < -0.3 is 25.4 Å². The number of amides is 3. The number of rotatable bonds is 8. The SMILES string of the molecule is C[C@H]1CN([C@@H](C)CO)C(=O)c2cccc(NC(=O)NC3CCCCC3)c2O[C@@H]1CN(C)S(=O)(=O)c1ccccc1. The highest BCUT2D eigenvalue weighted by Gasteiger charge is 2.36. The predicted octanol–water partition coefficient (Wildman–Crippen LogP) is 3.68. The van der Waals surface area contributed by atoms with E-state index in [2.05, 4.69) is 10.6 Å². The highest BCUT2D eigenvalue weighted by molar-refractivity contribution is 7.89. The minimum atomic E-state index is -3.80. The standard InChI is InChI=1S/C29H40N4O6S/c1-20-17-33(21(2)19-34)28(35)24-15-10-16-25(31-29(36)30-22-11-6-4-7-12-22)27(24)39-26(20)18-32(3)40(37,38)23-13-8-5-9-14-23/h5,8-10,13-16,20-22,26,34H,4,6-7,11-12,17-19H2,1-3H3,(H2,30,31,36)/t20-,21-,26+/m0/s1. The van der Waals surface area contributed by atoms with Gasteiger partial charge in [-0.2, -0.15) is 4.31 Å². The van der Waals surface area contributed by atoms with Gasteiger partial charge in [0.25, 0.3) is 5.91 Å². The number of sulfonamides is 1. The third-order valence-electron chi connectivity index (χ3n) is 7.77. The third kappa shape index (κ3) is 6.76. The number of carbonyl (C=O) groups excluding carboxylic acids is 2. The van der Waals surface area contributed by atoms with Crippen molar-refractivity contribution in [2.24, 2.45) is 5.92 Å². The number of nitrogens with one attached hydrogen (secondary N) is 2. The molecule has 0 saturated heterocycles. The first-order chi connectivity index (χ1) is 19.1. The van der Waals surface area contributed by atoms with Gasteiger partial charge in [-0.3, -0.25) is 4.79 Å². The van der Waals surface area contributed by atoms with Gasteiger partial charge in [0.1, 0.15) is 6.10 Å². The van der Waals surface area contributed by atoms with Gasteiger partial charge in [0.15, 0.2) is 5.75 Å². The molecule has 3 N–H and O–H groups in total. The van der Waals surface area contributed by atoms with Crippen molar-refractivity contribution in [1.82, 2.24) is 14.5 Å². The van der Waals surface area contributed by atoms with E-state index in [1.54, 1.807) is 60.4 Å². The zero-order valence-corrected chi connectivity index (χ0v) is 24.2. The largest absolute Gasteiger partial charge is 0.486 e. The normalized spacial score (nSPS) is 21.1. The second-order valence-corrected chi connectivity index (χ2v) is 12.9. The summed E-state index contributed by atoms with van der Waals surface area (Å²) in [6.07, 6.45) is 4.49. The van der Waals surface area contributed by atoms with Crippen LogP contribution in [0.1, 0.15) is 56.3 Å². The van der Waals surface area contributed by atoms with Crippen molar-refractivity contribution in [1.29, 1.82) is 0 Å². The maximum atomic E-state index is 13.7. The smallest absolute Gasteiger partial charge is 0.319 e. The Morgan fingerprint density at radius 2 is 1.82 bits per heavy atom. The maximum Gasteiger partial charge on any atom is 0.319 e. The van der Waals surface area contributed by atoms with E-state index in [9.17, 15) is 23.1 Å². The summed E-state index contributed by atoms with van der Waals surface area (Å²) < 4.78 is 34.3. The Labute approximate surface area is 236 Å². The second kappa shape index (κ2) is 13.0. The number of carbonyl (C=O) groups is 2. The van der Waals surface area contributed by atoms with Gasteiger partial charge in [-0.05, 0) is 44.0 Å². The first-order valence-electron chi connectivity index (χ1n) is 13.9. The highest BCUT2D eigenvalue weighted by Crippen LogP contribution is 2.35. The molecule has 0 spiro atoms. The molecule has 1 aliphatic carbocycles. The zero-order chi connectivity index (χ0) is 28.9. The molecule has 0 unspecified atom stereocenters. The van der Waals surface area contributed by atoms with Crippen LogP contribution in [-0.4, -0.2) is 79.6 Å². The van der Waals surface area contributed by atoms with Gasteiger partial charge in [0.05, 0.1) is 35.3 Å². The molecule has 1 heterocycles. The van der Waals surface area contributed by atoms with E-state index < -0.39 is 22.2 Å². The molecule has 4 rings (SSSR count). The lowest BCUT2D eigenvalue weighted by atomic mass is 9.96. The predicted molar refractivity (Wildman–Crippen MR) is 153 cm³/mol. The molecule has 2 aromatic carbocycles. The molecule has 0 aromatic heterocycles. The molecule has 3 amide bonds. The van der Waals surface area contributed by atoms with Crippen molar-refractivity contribution in [3.05, 3.63) is 54.1 Å². The summed E-state index contributed by atoms with van der Waals surface area (Å²) in [6, 6.07) is 12.4. The number of hydrogen-bond acceptors (Lipinski definition) is 6. The van der Waals surface area contributed by atoms with Gasteiger partial charge in [-0.15, -0.1) is 0 Å². The number of fused-ring (bicyclic) bond motifs is 1. The van der Waals surface area contributed by atoms with E-state index in [1.165, 1.54) is 17.8 Å². The zero-order valence-electron chi connectivity index (χ0n) is 23.4. The quantitative estimate of drug-likeness (QED) is 0.443. The molecular weight excluding hydrogens is 532 g/mol. The minimum absolute atomic E-state index is 0.00990. The number of aliphatic hydroxyl groups excluding tert-OH is 1. The van der Waals surface area contributed by atoms with Gasteiger partial charge in [-0.1, -0.05) is 50.5 Å². The molecule has 10 nitrogen and oxygen atoms in total. The van der Waals surface area contributed by atoms with Gasteiger partial charge in [0.2, 0.25) is 10.0 Å². The topological polar surface area (TPSA) is 128 Å². The summed E-state index contributed by atoms with van der Waals surface area (Å²) in [4.78, 5) is 28.4. The molecule has 2 aromatic rings. The highest BCUT2D eigenvalue weighted by atomic mass is 32.2. The molecule has 3 atom stereocenters. The number of para-hydroxylation sites is 1. The molecule has 0 radical (unpaired) electrons. The average molecular weight is 573 g/mol. The fourth-order valence-corrected chi connectivity index (χ4v) is 6.48. The van der Waals surface area contributed by atoms with Crippen LogP contribution in [0.25, 0.3) is 0 Å². The molecule has 0 bridgehead atoms. The van der Waals surface area contributed by atoms with Crippen LogP contribution in [0.3, 0.4) is 0 Å². The average Bonchev–Trinajstić information content (AvgIpc) is 2.95. The van der Waals surface area contributed by atoms with Crippen molar-refractivity contribution in [3.8, 4) is 5.75 Å². The Kier molecular flexibility index (Phi) is 9.70. The summed E-state index contributed by atoms with van der Waals surface area (Å²) in [7, 11) is -2.30. The van der Waals surface area contributed by atoms with Crippen molar-refractivity contribution in [3.63, 3.8) is 0 Å². The number of nitrogens with zero attached hydrogens (tertiary/aromatic N) is 2. The van der Waals surface area contributed by atoms with Gasteiger partial charge in [0, 0.05) is 25.6 Å². The van der Waals surface area contributed by atoms with Gasteiger partial charge in [-0.25, -0.2) is 13.2 Å². The van der Waals surface area contributed by atoms with Crippen LogP contribution in [0.5, 0.6) is 5.75 Å². The lowest BCUT2D eigenvalue weighted by Gasteiger charge is -2.38. The number of anilines is 1. The first kappa shape index (κ1) is 29.8.